The smallest absolute Gasteiger partial charge is 0.267 e. The van der Waals surface area contributed by atoms with Crippen molar-refractivity contribution in [3.8, 4) is 5.97 Å². The Morgan fingerprint density at radius 2 is 2.05 bits per heavy atom. The standard InChI is InChI=1S/C14H21BN4.C2H6/c1-19(14-3-2-13(8-16)9-18-14)10-12-4-6-15(11-17)7-5-12;1-2/h2-3,9,12H,4-8,10,16H2,1H3;1-2H3. The van der Waals surface area contributed by atoms with Gasteiger partial charge in [0.05, 0.1) is 0 Å². The van der Waals surface area contributed by atoms with Crippen LogP contribution in [0.1, 0.15) is 32.3 Å². The first-order valence-electron chi connectivity index (χ1n) is 7.98. The van der Waals surface area contributed by atoms with Crippen LogP contribution >= 0.6 is 0 Å². The molecule has 2 N–H and O–H groups in total. The molecule has 1 aliphatic heterocycles. The number of anilines is 1. The van der Waals surface area contributed by atoms with Gasteiger partial charge in [-0.3, -0.25) is 0 Å². The van der Waals surface area contributed by atoms with Crippen LogP contribution in [0.3, 0.4) is 0 Å². The van der Waals surface area contributed by atoms with E-state index in [4.69, 9.17) is 11.0 Å². The zero-order chi connectivity index (χ0) is 15.7. The molecule has 0 aliphatic carbocycles. The monoisotopic (exact) mass is 286 g/mol. The Balaban J connectivity index is 0.00000106. The van der Waals surface area contributed by atoms with E-state index in [1.165, 1.54) is 0 Å². The normalized spacial score (nSPS) is 14.9. The van der Waals surface area contributed by atoms with E-state index < -0.39 is 0 Å². The van der Waals surface area contributed by atoms with Crippen molar-refractivity contribution in [1.82, 2.24) is 4.98 Å². The number of nitriles is 1. The second kappa shape index (κ2) is 9.41. The molecule has 4 nitrogen and oxygen atoms in total. The number of pyridine rings is 1. The van der Waals surface area contributed by atoms with E-state index in [-0.39, 0.29) is 6.71 Å². The first kappa shape index (κ1) is 17.5. The third-order valence-electron chi connectivity index (χ3n) is 4.00. The van der Waals surface area contributed by atoms with Gasteiger partial charge in [-0.15, -0.1) is 0 Å². The fourth-order valence-corrected chi connectivity index (χ4v) is 2.72. The van der Waals surface area contributed by atoms with Crippen molar-refractivity contribution < 1.29 is 0 Å². The summed E-state index contributed by atoms with van der Waals surface area (Å²) >= 11 is 0. The molecule has 114 valence electrons. The van der Waals surface area contributed by atoms with E-state index in [9.17, 15) is 0 Å². The molecule has 2 rings (SSSR count). The van der Waals surface area contributed by atoms with Crippen LogP contribution < -0.4 is 10.6 Å². The molecule has 5 heteroatoms. The molecule has 0 unspecified atom stereocenters. The highest BCUT2D eigenvalue weighted by atomic mass is 15.2. The molecule has 1 aromatic heterocycles. The highest BCUT2D eigenvalue weighted by Crippen LogP contribution is 2.26. The second-order valence-electron chi connectivity index (χ2n) is 5.46. The van der Waals surface area contributed by atoms with Crippen LogP contribution in [0.4, 0.5) is 5.82 Å². The van der Waals surface area contributed by atoms with Gasteiger partial charge in [-0.2, -0.15) is 0 Å². The van der Waals surface area contributed by atoms with E-state index in [2.05, 4.69) is 22.9 Å². The molecule has 1 fully saturated rings. The average molecular weight is 286 g/mol. The number of hydrogen-bond acceptors (Lipinski definition) is 4. The number of rotatable bonds is 4. The zero-order valence-corrected chi connectivity index (χ0v) is 13.5. The number of aromatic nitrogens is 1. The largest absolute Gasteiger partial charge is 0.359 e. The Bertz CT molecular complexity index is 433. The van der Waals surface area contributed by atoms with Crippen LogP contribution in [0.25, 0.3) is 0 Å². The summed E-state index contributed by atoms with van der Waals surface area (Å²) in [7, 11) is 2.08. The van der Waals surface area contributed by atoms with E-state index in [1.807, 2.05) is 32.2 Å². The van der Waals surface area contributed by atoms with Gasteiger partial charge in [-0.05, 0) is 17.5 Å². The molecule has 2 heterocycles. The van der Waals surface area contributed by atoms with Crippen molar-refractivity contribution in [3.05, 3.63) is 23.9 Å². The van der Waals surface area contributed by atoms with Crippen LogP contribution in [0.2, 0.25) is 12.6 Å². The third kappa shape index (κ3) is 5.39. The van der Waals surface area contributed by atoms with Crippen LogP contribution in [0.5, 0.6) is 0 Å². The van der Waals surface area contributed by atoms with Gasteiger partial charge in [0, 0.05) is 32.3 Å². The lowest BCUT2D eigenvalue weighted by Gasteiger charge is -2.28. The maximum atomic E-state index is 8.91. The summed E-state index contributed by atoms with van der Waals surface area (Å²) in [6.45, 7) is 5.84. The quantitative estimate of drug-likeness (QED) is 0.864. The summed E-state index contributed by atoms with van der Waals surface area (Å²) in [6, 6.07) is 4.06. The van der Waals surface area contributed by atoms with Gasteiger partial charge in [0.15, 0.2) is 0 Å². The predicted molar refractivity (Wildman–Crippen MR) is 90.5 cm³/mol. The molecule has 0 radical (unpaired) electrons. The van der Waals surface area contributed by atoms with Gasteiger partial charge in [0.2, 0.25) is 0 Å². The van der Waals surface area contributed by atoms with Crippen molar-refractivity contribution in [2.24, 2.45) is 11.7 Å². The van der Waals surface area contributed by atoms with Gasteiger partial charge in [-0.25, -0.2) is 10.2 Å². The maximum Gasteiger partial charge on any atom is 0.267 e. The number of hydrogen-bond donors (Lipinski definition) is 1. The zero-order valence-electron chi connectivity index (χ0n) is 13.5. The molecule has 1 saturated heterocycles. The van der Waals surface area contributed by atoms with E-state index in [0.29, 0.717) is 12.5 Å². The first-order valence-corrected chi connectivity index (χ1v) is 7.98. The first-order chi connectivity index (χ1) is 10.2. The topological polar surface area (TPSA) is 65.9 Å². The fourth-order valence-electron chi connectivity index (χ4n) is 2.72. The van der Waals surface area contributed by atoms with Gasteiger partial charge in [-0.1, -0.05) is 45.4 Å². The summed E-state index contributed by atoms with van der Waals surface area (Å²) < 4.78 is 0. The summed E-state index contributed by atoms with van der Waals surface area (Å²) in [6.07, 6.45) is 6.26. The lowest BCUT2D eigenvalue weighted by Crippen LogP contribution is -2.30. The van der Waals surface area contributed by atoms with E-state index in [0.717, 1.165) is 43.4 Å². The highest BCUT2D eigenvalue weighted by molar-refractivity contribution is 6.67. The molecule has 0 amide bonds. The Morgan fingerprint density at radius 1 is 1.38 bits per heavy atom. The molecular weight excluding hydrogens is 259 g/mol. The van der Waals surface area contributed by atoms with Gasteiger partial charge in [0.25, 0.3) is 6.71 Å². The Hall–Kier alpha value is -1.54. The third-order valence-corrected chi connectivity index (χ3v) is 4.00. The molecule has 0 bridgehead atoms. The Kier molecular flexibility index (Phi) is 7.85. The van der Waals surface area contributed by atoms with Crippen molar-refractivity contribution in [2.75, 3.05) is 18.5 Å². The van der Waals surface area contributed by atoms with Gasteiger partial charge in [0.1, 0.15) is 5.82 Å². The lowest BCUT2D eigenvalue weighted by atomic mass is 9.42. The molecular formula is C16H27BN4. The SMILES string of the molecule is CC.CN(CC1CCB(C#N)CC1)c1ccc(CN)cn1. The second-order valence-corrected chi connectivity index (χ2v) is 5.46. The number of nitrogens with two attached hydrogens (primary N) is 1. The highest BCUT2D eigenvalue weighted by Gasteiger charge is 2.25. The fraction of sp³-hybridized carbons (Fsp3) is 0.625. The minimum atomic E-state index is 0.281. The van der Waals surface area contributed by atoms with Crippen LogP contribution in [0, 0.1) is 17.1 Å². The van der Waals surface area contributed by atoms with E-state index in [1.54, 1.807) is 0 Å². The molecule has 0 aromatic carbocycles. The van der Waals surface area contributed by atoms with Gasteiger partial charge < -0.3 is 10.6 Å². The van der Waals surface area contributed by atoms with E-state index >= 15 is 0 Å². The molecule has 0 spiro atoms. The molecule has 21 heavy (non-hydrogen) atoms. The van der Waals surface area contributed by atoms with Crippen LogP contribution in [-0.4, -0.2) is 25.3 Å². The molecule has 1 aliphatic rings. The summed E-state index contributed by atoms with van der Waals surface area (Å²) in [5, 5.41) is 8.91. The minimum Gasteiger partial charge on any atom is -0.359 e. The summed E-state index contributed by atoms with van der Waals surface area (Å²) in [4.78, 5) is 6.65. The number of nitrogens with zero attached hydrogens (tertiary/aromatic N) is 3. The van der Waals surface area contributed by atoms with Gasteiger partial charge >= 0.3 is 0 Å². The Labute approximate surface area is 129 Å². The molecule has 0 saturated carbocycles. The Morgan fingerprint density at radius 3 is 2.52 bits per heavy atom. The average Bonchev–Trinajstić information content (AvgIpc) is 2.57. The van der Waals surface area contributed by atoms with Crippen molar-refractivity contribution >= 4 is 12.5 Å². The summed E-state index contributed by atoms with van der Waals surface area (Å²) in [5.74, 6) is 4.07. The van der Waals surface area contributed by atoms with Crippen molar-refractivity contribution in [2.45, 2.75) is 45.9 Å². The minimum absolute atomic E-state index is 0.281. The van der Waals surface area contributed by atoms with Crippen molar-refractivity contribution in [1.29, 1.82) is 5.26 Å². The summed E-state index contributed by atoms with van der Waals surface area (Å²) in [5.41, 5.74) is 6.63. The van der Waals surface area contributed by atoms with Crippen LogP contribution in [0.15, 0.2) is 18.3 Å². The predicted octanol–water partition coefficient (Wildman–Crippen LogP) is 2.97. The molecule has 1 aromatic rings. The van der Waals surface area contributed by atoms with Crippen LogP contribution in [-0.2, 0) is 6.54 Å². The molecule has 0 atom stereocenters. The van der Waals surface area contributed by atoms with Crippen molar-refractivity contribution in [3.63, 3.8) is 0 Å². The maximum absolute atomic E-state index is 8.91. The lowest BCUT2D eigenvalue weighted by molar-refractivity contribution is 0.473.